The van der Waals surface area contributed by atoms with Gasteiger partial charge in [0.1, 0.15) is 0 Å². The van der Waals surface area contributed by atoms with Gasteiger partial charge in [-0.15, -0.1) is 0 Å². The molecule has 0 aromatic carbocycles. The maximum Gasteiger partial charge on any atom is 0.220 e. The van der Waals surface area contributed by atoms with Crippen LogP contribution in [-0.4, -0.2) is 34.9 Å². The Kier molecular flexibility index (Phi) is 23.6. The van der Waals surface area contributed by atoms with Gasteiger partial charge in [-0.2, -0.15) is 0 Å². The normalized spacial score (nSPS) is 13.3. The van der Waals surface area contributed by atoms with E-state index in [0.29, 0.717) is 12.8 Å². The number of aliphatic hydroxyl groups is 2. The Hall–Kier alpha value is -0.610. The summed E-state index contributed by atoms with van der Waals surface area (Å²) in [4.78, 5) is 12.1. The Morgan fingerprint density at radius 3 is 1.45 bits per heavy atom. The third-order valence-electron chi connectivity index (χ3n) is 6.37. The molecule has 0 saturated heterocycles. The average molecular weight is 442 g/mol. The number of hydrogen-bond acceptors (Lipinski definition) is 3. The van der Waals surface area contributed by atoms with E-state index < -0.39 is 12.1 Å². The third kappa shape index (κ3) is 21.0. The summed E-state index contributed by atoms with van der Waals surface area (Å²) in [5.41, 5.74) is 0. The van der Waals surface area contributed by atoms with E-state index in [1.165, 1.54) is 96.3 Å². The zero-order chi connectivity index (χ0) is 23.0. The maximum absolute atomic E-state index is 12.1. The molecule has 0 aromatic rings. The number of amides is 1. The fourth-order valence-electron chi connectivity index (χ4n) is 4.18. The van der Waals surface area contributed by atoms with Crippen LogP contribution in [0.2, 0.25) is 0 Å². The van der Waals surface area contributed by atoms with Crippen molar-refractivity contribution in [1.29, 1.82) is 0 Å². The summed E-state index contributed by atoms with van der Waals surface area (Å²) in [7, 11) is 0. The lowest BCUT2D eigenvalue weighted by atomic mass is 10.0. The van der Waals surface area contributed by atoms with Gasteiger partial charge < -0.3 is 15.5 Å². The van der Waals surface area contributed by atoms with Crippen LogP contribution in [-0.2, 0) is 4.79 Å². The number of rotatable bonds is 24. The van der Waals surface area contributed by atoms with E-state index in [1.54, 1.807) is 0 Å². The van der Waals surface area contributed by atoms with Crippen molar-refractivity contribution in [1.82, 2.24) is 5.32 Å². The highest BCUT2D eigenvalue weighted by atomic mass is 16.3. The molecule has 31 heavy (non-hydrogen) atoms. The third-order valence-corrected chi connectivity index (χ3v) is 6.37. The van der Waals surface area contributed by atoms with Crippen LogP contribution >= 0.6 is 0 Å². The largest absolute Gasteiger partial charge is 0.394 e. The average Bonchev–Trinajstić information content (AvgIpc) is 2.77. The Balaban J connectivity index is 3.63. The number of hydrogen-bond donors (Lipinski definition) is 3. The first-order chi connectivity index (χ1) is 15.2. The molecular formula is C27H55NO3. The van der Waals surface area contributed by atoms with E-state index in [9.17, 15) is 15.0 Å². The Bertz CT molecular complexity index is 375. The zero-order valence-electron chi connectivity index (χ0n) is 21.0. The van der Waals surface area contributed by atoms with Gasteiger partial charge in [0.2, 0.25) is 5.91 Å². The van der Waals surface area contributed by atoms with Crippen LogP contribution in [0, 0.1) is 0 Å². The van der Waals surface area contributed by atoms with Crippen molar-refractivity contribution in [3.05, 3.63) is 0 Å². The second-order valence-electron chi connectivity index (χ2n) is 9.47. The van der Waals surface area contributed by atoms with Gasteiger partial charge >= 0.3 is 0 Å². The minimum absolute atomic E-state index is 0.0373. The number of unbranched alkanes of at least 4 members (excludes halogenated alkanes) is 17. The maximum atomic E-state index is 12.1. The van der Waals surface area contributed by atoms with Crippen molar-refractivity contribution in [2.75, 3.05) is 6.61 Å². The fourth-order valence-corrected chi connectivity index (χ4v) is 4.18. The molecule has 1 amide bonds. The highest BCUT2D eigenvalue weighted by Gasteiger charge is 2.19. The summed E-state index contributed by atoms with van der Waals surface area (Å²) in [6, 6.07) is -0.523. The minimum atomic E-state index is -0.647. The molecule has 0 fully saturated rings. The first-order valence-electron chi connectivity index (χ1n) is 13.7. The van der Waals surface area contributed by atoms with Gasteiger partial charge in [-0.05, 0) is 12.8 Å². The molecule has 0 heterocycles. The van der Waals surface area contributed by atoms with Crippen LogP contribution in [0.15, 0.2) is 0 Å². The molecule has 2 unspecified atom stereocenters. The molecule has 3 N–H and O–H groups in total. The van der Waals surface area contributed by atoms with Crippen molar-refractivity contribution in [3.63, 3.8) is 0 Å². The summed E-state index contributed by atoms with van der Waals surface area (Å²) < 4.78 is 0. The van der Waals surface area contributed by atoms with E-state index >= 15 is 0 Å². The van der Waals surface area contributed by atoms with E-state index in [4.69, 9.17) is 0 Å². The van der Waals surface area contributed by atoms with Crippen molar-refractivity contribution >= 4 is 5.91 Å². The van der Waals surface area contributed by atoms with Crippen molar-refractivity contribution in [2.24, 2.45) is 0 Å². The van der Waals surface area contributed by atoms with Gasteiger partial charge in [-0.25, -0.2) is 0 Å². The van der Waals surface area contributed by atoms with Crippen LogP contribution in [0.5, 0.6) is 0 Å². The molecule has 2 atom stereocenters. The lowest BCUT2D eigenvalue weighted by Crippen LogP contribution is -2.45. The molecule has 186 valence electrons. The molecule has 0 aliphatic carbocycles. The van der Waals surface area contributed by atoms with Gasteiger partial charge in [-0.1, -0.05) is 129 Å². The van der Waals surface area contributed by atoms with Gasteiger partial charge in [0.25, 0.3) is 0 Å². The summed E-state index contributed by atoms with van der Waals surface area (Å²) in [5, 5.41) is 22.7. The minimum Gasteiger partial charge on any atom is -0.394 e. The molecule has 4 nitrogen and oxygen atoms in total. The Morgan fingerprint density at radius 1 is 0.645 bits per heavy atom. The van der Waals surface area contributed by atoms with Gasteiger partial charge in [-0.3, -0.25) is 4.79 Å². The molecule has 0 spiro atoms. The topological polar surface area (TPSA) is 69.6 Å². The number of carbonyl (C=O) groups is 1. The number of aliphatic hydroxyl groups excluding tert-OH is 2. The summed E-state index contributed by atoms with van der Waals surface area (Å²) in [6.07, 6.45) is 24.2. The number of carbonyl (C=O) groups excluding carboxylic acids is 1. The molecule has 4 heteroatoms. The van der Waals surface area contributed by atoms with Gasteiger partial charge in [0.05, 0.1) is 18.8 Å². The fraction of sp³-hybridized carbons (Fsp3) is 0.963. The molecular weight excluding hydrogens is 386 g/mol. The van der Waals surface area contributed by atoms with Crippen LogP contribution in [0.25, 0.3) is 0 Å². The monoisotopic (exact) mass is 441 g/mol. The van der Waals surface area contributed by atoms with E-state index in [2.05, 4.69) is 19.2 Å². The van der Waals surface area contributed by atoms with Crippen molar-refractivity contribution < 1.29 is 15.0 Å². The van der Waals surface area contributed by atoms with E-state index in [-0.39, 0.29) is 12.5 Å². The Labute approximate surface area is 194 Å². The standard InChI is InChI=1S/C27H55NO3/c1-3-5-7-9-11-13-15-17-19-21-23-27(31)28-25(24-29)26(30)22-20-18-16-14-12-10-8-6-4-2/h25-26,29-30H,3-24H2,1-2H3,(H,28,31). The summed E-state index contributed by atoms with van der Waals surface area (Å²) in [6.45, 7) is 4.30. The van der Waals surface area contributed by atoms with E-state index in [0.717, 1.165) is 25.7 Å². The van der Waals surface area contributed by atoms with E-state index in [1.807, 2.05) is 0 Å². The zero-order valence-corrected chi connectivity index (χ0v) is 21.0. The molecule has 0 aliphatic rings. The lowest BCUT2D eigenvalue weighted by Gasteiger charge is -2.22. The predicted molar refractivity (Wildman–Crippen MR) is 133 cm³/mol. The van der Waals surface area contributed by atoms with Crippen molar-refractivity contribution in [3.8, 4) is 0 Å². The molecule has 0 radical (unpaired) electrons. The van der Waals surface area contributed by atoms with Gasteiger partial charge in [0.15, 0.2) is 0 Å². The highest BCUT2D eigenvalue weighted by molar-refractivity contribution is 5.76. The van der Waals surface area contributed by atoms with Crippen LogP contribution < -0.4 is 5.32 Å². The second-order valence-corrected chi connectivity index (χ2v) is 9.47. The first kappa shape index (κ1) is 30.4. The summed E-state index contributed by atoms with van der Waals surface area (Å²) in [5.74, 6) is -0.0373. The van der Waals surface area contributed by atoms with Gasteiger partial charge in [0, 0.05) is 6.42 Å². The lowest BCUT2D eigenvalue weighted by molar-refractivity contribution is -0.123. The number of nitrogens with one attached hydrogen (secondary N) is 1. The van der Waals surface area contributed by atoms with Crippen LogP contribution in [0.1, 0.15) is 149 Å². The Morgan fingerprint density at radius 2 is 1.03 bits per heavy atom. The molecule has 0 aromatic heterocycles. The second kappa shape index (κ2) is 24.0. The molecule has 0 rings (SSSR count). The van der Waals surface area contributed by atoms with Crippen LogP contribution in [0.4, 0.5) is 0 Å². The first-order valence-corrected chi connectivity index (χ1v) is 13.7. The molecule has 0 saturated carbocycles. The summed E-state index contributed by atoms with van der Waals surface area (Å²) >= 11 is 0. The molecule has 0 bridgehead atoms. The smallest absolute Gasteiger partial charge is 0.220 e. The SMILES string of the molecule is CCCCCCCCCCCCC(=O)NC(CO)C(O)CCCCCCCCCCC. The quantitative estimate of drug-likeness (QED) is 0.140. The highest BCUT2D eigenvalue weighted by Crippen LogP contribution is 2.13. The predicted octanol–water partition coefficient (Wildman–Crippen LogP) is 7.06. The van der Waals surface area contributed by atoms with Crippen LogP contribution in [0.3, 0.4) is 0 Å². The molecule has 0 aliphatic heterocycles. The van der Waals surface area contributed by atoms with Crippen molar-refractivity contribution in [2.45, 2.75) is 161 Å².